The molecule has 1 aliphatic heterocycles. The van der Waals surface area contributed by atoms with Crippen molar-refractivity contribution < 1.29 is 13.2 Å². The number of hydrogen-bond donors (Lipinski definition) is 1. The van der Waals surface area contributed by atoms with Crippen molar-refractivity contribution in [3.8, 4) is 0 Å². The zero-order chi connectivity index (χ0) is 18.6. The van der Waals surface area contributed by atoms with Crippen LogP contribution in [-0.2, 0) is 14.8 Å². The molecule has 1 aliphatic carbocycles. The quantitative estimate of drug-likeness (QED) is 0.825. The van der Waals surface area contributed by atoms with Crippen molar-refractivity contribution in [1.29, 1.82) is 0 Å². The first-order chi connectivity index (χ1) is 12.5. The van der Waals surface area contributed by atoms with Crippen LogP contribution in [0.15, 0.2) is 29.2 Å². The lowest BCUT2D eigenvalue weighted by Crippen LogP contribution is -2.38. The van der Waals surface area contributed by atoms with Crippen molar-refractivity contribution in [2.45, 2.75) is 55.9 Å². The first-order valence-corrected chi connectivity index (χ1v) is 11.0. The molecule has 1 saturated carbocycles. The molecule has 1 amide bonds. The Balaban J connectivity index is 1.61. The highest BCUT2D eigenvalue weighted by molar-refractivity contribution is 7.89. The number of benzene rings is 1. The summed E-state index contributed by atoms with van der Waals surface area (Å²) in [5.41, 5.74) is 0.633. The Morgan fingerprint density at radius 1 is 1.08 bits per heavy atom. The Bertz CT molecular complexity index is 706. The third kappa shape index (κ3) is 4.64. The number of anilines is 1. The largest absolute Gasteiger partial charge is 0.325 e. The molecule has 1 heterocycles. The van der Waals surface area contributed by atoms with Gasteiger partial charge in [0.1, 0.15) is 0 Å². The summed E-state index contributed by atoms with van der Waals surface area (Å²) < 4.78 is 27.2. The van der Waals surface area contributed by atoms with Crippen LogP contribution in [0, 0.1) is 0 Å². The number of nitrogens with zero attached hydrogens (tertiary/aromatic N) is 2. The fraction of sp³-hybridized carbons (Fsp3) is 0.632. The number of amides is 1. The lowest BCUT2D eigenvalue weighted by atomic mass is 9.96. The third-order valence-corrected chi connectivity index (χ3v) is 7.39. The van der Waals surface area contributed by atoms with Gasteiger partial charge in [0.25, 0.3) is 0 Å². The van der Waals surface area contributed by atoms with Crippen LogP contribution in [0.1, 0.15) is 44.9 Å². The number of nitrogens with one attached hydrogen (secondary N) is 1. The molecule has 2 fully saturated rings. The van der Waals surface area contributed by atoms with Crippen LogP contribution in [0.4, 0.5) is 5.69 Å². The number of hydrogen-bond acceptors (Lipinski definition) is 4. The summed E-state index contributed by atoms with van der Waals surface area (Å²) in [6, 6.07) is 6.60. The van der Waals surface area contributed by atoms with Crippen LogP contribution < -0.4 is 5.32 Å². The van der Waals surface area contributed by atoms with Gasteiger partial charge in [-0.2, -0.15) is 4.31 Å². The number of likely N-dealkylation sites (tertiary alicyclic amines) is 1. The van der Waals surface area contributed by atoms with E-state index in [1.165, 1.54) is 10.7 Å². The van der Waals surface area contributed by atoms with Gasteiger partial charge in [0.15, 0.2) is 0 Å². The number of carbonyl (C=O) groups is 1. The van der Waals surface area contributed by atoms with E-state index in [2.05, 4.69) is 10.2 Å². The summed E-state index contributed by atoms with van der Waals surface area (Å²) in [7, 11) is -1.81. The number of rotatable bonds is 6. The summed E-state index contributed by atoms with van der Waals surface area (Å²) in [6.07, 6.45) is 7.53. The van der Waals surface area contributed by atoms with Gasteiger partial charge in [0.05, 0.1) is 11.4 Å². The van der Waals surface area contributed by atoms with Gasteiger partial charge in [-0.3, -0.25) is 9.69 Å². The molecule has 1 aromatic carbocycles. The molecule has 0 spiro atoms. The lowest BCUT2D eigenvalue weighted by Gasteiger charge is -2.30. The minimum Gasteiger partial charge on any atom is -0.325 e. The van der Waals surface area contributed by atoms with Crippen molar-refractivity contribution in [1.82, 2.24) is 9.21 Å². The van der Waals surface area contributed by atoms with Crippen molar-refractivity contribution in [2.75, 3.05) is 32.0 Å². The second kappa shape index (κ2) is 8.50. The number of carbonyl (C=O) groups excluding carboxylic acids is 1. The molecule has 0 bridgehead atoms. The molecule has 7 heteroatoms. The maximum Gasteiger partial charge on any atom is 0.243 e. The van der Waals surface area contributed by atoms with Crippen LogP contribution in [0.25, 0.3) is 0 Å². The molecule has 1 saturated heterocycles. The van der Waals surface area contributed by atoms with E-state index >= 15 is 0 Å². The van der Waals surface area contributed by atoms with Crippen molar-refractivity contribution in [2.24, 2.45) is 0 Å². The SMILES string of the molecule is CN(C1CCCCC1)S(=O)(=O)c1ccc(NC(=O)CN2CCCC2)cc1. The number of sulfonamides is 1. The van der Waals surface area contributed by atoms with E-state index in [1.807, 2.05) is 0 Å². The zero-order valence-corrected chi connectivity index (χ0v) is 16.3. The molecule has 6 nitrogen and oxygen atoms in total. The summed E-state index contributed by atoms with van der Waals surface area (Å²) in [5.74, 6) is -0.0539. The Labute approximate surface area is 156 Å². The molecule has 0 atom stereocenters. The third-order valence-electron chi connectivity index (χ3n) is 5.47. The smallest absolute Gasteiger partial charge is 0.243 e. The second-order valence-electron chi connectivity index (χ2n) is 7.37. The van der Waals surface area contributed by atoms with E-state index < -0.39 is 10.0 Å². The monoisotopic (exact) mass is 379 g/mol. The molecule has 0 aromatic heterocycles. The normalized spacial score (nSPS) is 19.8. The average Bonchev–Trinajstić information content (AvgIpc) is 3.15. The molecular formula is C19H29N3O3S. The standard InChI is InChI=1S/C19H29N3O3S/c1-21(17-7-3-2-4-8-17)26(24,25)18-11-9-16(10-12-18)20-19(23)15-22-13-5-6-14-22/h9-12,17H,2-8,13-15H2,1H3,(H,20,23). The van der Waals surface area contributed by atoms with Crippen LogP contribution in [0.5, 0.6) is 0 Å². The minimum atomic E-state index is -3.49. The second-order valence-corrected chi connectivity index (χ2v) is 9.37. The fourth-order valence-electron chi connectivity index (χ4n) is 3.86. The van der Waals surface area contributed by atoms with Gasteiger partial charge < -0.3 is 5.32 Å². The predicted molar refractivity (Wildman–Crippen MR) is 103 cm³/mol. The minimum absolute atomic E-state index is 0.0539. The molecule has 1 N–H and O–H groups in total. The van der Waals surface area contributed by atoms with Crippen LogP contribution in [0.3, 0.4) is 0 Å². The maximum atomic E-state index is 12.8. The fourth-order valence-corrected chi connectivity index (χ4v) is 5.28. The van der Waals surface area contributed by atoms with Crippen molar-refractivity contribution >= 4 is 21.6 Å². The van der Waals surface area contributed by atoms with Crippen LogP contribution in [0.2, 0.25) is 0 Å². The van der Waals surface area contributed by atoms with E-state index in [-0.39, 0.29) is 16.8 Å². The first kappa shape index (κ1) is 19.3. The molecule has 2 aliphatic rings. The molecule has 0 radical (unpaired) electrons. The Morgan fingerprint density at radius 3 is 2.31 bits per heavy atom. The topological polar surface area (TPSA) is 69.7 Å². The van der Waals surface area contributed by atoms with E-state index in [4.69, 9.17) is 0 Å². The summed E-state index contributed by atoms with van der Waals surface area (Å²) in [4.78, 5) is 14.5. The summed E-state index contributed by atoms with van der Waals surface area (Å²) >= 11 is 0. The Hall–Kier alpha value is -1.44. The zero-order valence-electron chi connectivity index (χ0n) is 15.5. The van der Waals surface area contributed by atoms with Gasteiger partial charge in [-0.15, -0.1) is 0 Å². The van der Waals surface area contributed by atoms with Gasteiger partial charge in [-0.25, -0.2) is 8.42 Å². The van der Waals surface area contributed by atoms with Gasteiger partial charge in [0.2, 0.25) is 15.9 Å². The Morgan fingerprint density at radius 2 is 1.69 bits per heavy atom. The molecule has 0 unspecified atom stereocenters. The summed E-state index contributed by atoms with van der Waals surface area (Å²) in [6.45, 7) is 2.33. The van der Waals surface area contributed by atoms with Gasteiger partial charge in [-0.1, -0.05) is 19.3 Å². The molecule has 26 heavy (non-hydrogen) atoms. The highest BCUT2D eigenvalue weighted by Crippen LogP contribution is 2.27. The van der Waals surface area contributed by atoms with Crippen LogP contribution in [-0.4, -0.2) is 56.3 Å². The molecule has 1 aromatic rings. The van der Waals surface area contributed by atoms with Gasteiger partial charge in [0, 0.05) is 18.8 Å². The first-order valence-electron chi connectivity index (χ1n) is 9.57. The molecule has 3 rings (SSSR count). The maximum absolute atomic E-state index is 12.8. The summed E-state index contributed by atoms with van der Waals surface area (Å²) in [5, 5.41) is 2.85. The Kier molecular flexibility index (Phi) is 6.32. The van der Waals surface area contributed by atoms with E-state index in [0.29, 0.717) is 12.2 Å². The predicted octanol–water partition coefficient (Wildman–Crippen LogP) is 2.67. The van der Waals surface area contributed by atoms with E-state index in [9.17, 15) is 13.2 Å². The highest BCUT2D eigenvalue weighted by Gasteiger charge is 2.29. The lowest BCUT2D eigenvalue weighted by molar-refractivity contribution is -0.117. The van der Waals surface area contributed by atoms with Gasteiger partial charge in [-0.05, 0) is 63.0 Å². The van der Waals surface area contributed by atoms with Crippen molar-refractivity contribution in [3.63, 3.8) is 0 Å². The highest BCUT2D eigenvalue weighted by atomic mass is 32.2. The van der Waals surface area contributed by atoms with Gasteiger partial charge >= 0.3 is 0 Å². The molecular weight excluding hydrogens is 350 g/mol. The van der Waals surface area contributed by atoms with Crippen molar-refractivity contribution in [3.05, 3.63) is 24.3 Å². The average molecular weight is 380 g/mol. The molecule has 144 valence electrons. The van der Waals surface area contributed by atoms with E-state index in [1.54, 1.807) is 31.3 Å². The van der Waals surface area contributed by atoms with E-state index in [0.717, 1.165) is 51.6 Å². The van der Waals surface area contributed by atoms with Crippen LogP contribution >= 0.6 is 0 Å².